The Morgan fingerprint density at radius 3 is 2.30 bits per heavy atom. The lowest BCUT2D eigenvalue weighted by Crippen LogP contribution is -2.37. The lowest BCUT2D eigenvalue weighted by Gasteiger charge is -2.22. The van der Waals surface area contributed by atoms with E-state index >= 15 is 0 Å². The molecule has 6 nitrogen and oxygen atoms in total. The van der Waals surface area contributed by atoms with Gasteiger partial charge in [-0.25, -0.2) is 13.1 Å². The van der Waals surface area contributed by atoms with Crippen LogP contribution in [-0.2, 0) is 14.8 Å². The first kappa shape index (κ1) is 20.9. The Morgan fingerprint density at radius 1 is 1.04 bits per heavy atom. The first-order valence-electron chi connectivity index (χ1n) is 8.65. The number of carbonyl (C=O) groups excluding carboxylic acids is 1. The third-order valence-electron chi connectivity index (χ3n) is 4.49. The minimum Gasteiger partial charge on any atom is -0.496 e. The normalized spacial score (nSPS) is 11.3. The number of nitrogens with one attached hydrogen (secondary N) is 1. The fourth-order valence-electron chi connectivity index (χ4n) is 2.76. The highest BCUT2D eigenvalue weighted by Crippen LogP contribution is 2.21. The maximum atomic E-state index is 12.5. The van der Waals surface area contributed by atoms with Gasteiger partial charge in [-0.1, -0.05) is 6.07 Å². The molecule has 0 aliphatic carbocycles. The Morgan fingerprint density at radius 2 is 1.74 bits per heavy atom. The predicted octanol–water partition coefficient (Wildman–Crippen LogP) is 2.95. The van der Waals surface area contributed by atoms with E-state index in [9.17, 15) is 13.2 Å². The average Bonchev–Trinajstić information content (AvgIpc) is 2.61. The highest BCUT2D eigenvalue weighted by atomic mass is 32.2. The molecule has 0 aromatic heterocycles. The van der Waals surface area contributed by atoms with Gasteiger partial charge in [-0.15, -0.1) is 0 Å². The molecule has 1 N–H and O–H groups in total. The van der Waals surface area contributed by atoms with Gasteiger partial charge in [-0.2, -0.15) is 0 Å². The van der Waals surface area contributed by atoms with Crippen molar-refractivity contribution >= 4 is 21.6 Å². The van der Waals surface area contributed by atoms with E-state index in [2.05, 4.69) is 4.72 Å². The summed E-state index contributed by atoms with van der Waals surface area (Å²) in [5, 5.41) is 0. The van der Waals surface area contributed by atoms with E-state index < -0.39 is 10.0 Å². The van der Waals surface area contributed by atoms with E-state index in [0.717, 1.165) is 22.4 Å². The van der Waals surface area contributed by atoms with Crippen molar-refractivity contribution in [1.82, 2.24) is 4.72 Å². The monoisotopic (exact) mass is 390 g/mol. The highest BCUT2D eigenvalue weighted by Gasteiger charge is 2.17. The van der Waals surface area contributed by atoms with Crippen LogP contribution in [-0.4, -0.2) is 34.5 Å². The summed E-state index contributed by atoms with van der Waals surface area (Å²) in [5.74, 6) is 0.490. The molecule has 0 fully saturated rings. The summed E-state index contributed by atoms with van der Waals surface area (Å²) >= 11 is 0. The molecule has 0 atom stereocenters. The number of benzene rings is 2. The molecule has 0 bridgehead atoms. The summed E-state index contributed by atoms with van der Waals surface area (Å²) in [5.41, 5.74) is 3.71. The smallest absolute Gasteiger partial charge is 0.240 e. The van der Waals surface area contributed by atoms with Crippen LogP contribution in [0.3, 0.4) is 0 Å². The molecular weight excluding hydrogens is 364 g/mol. The molecule has 0 heterocycles. The SMILES string of the molecule is COc1ccc(S(=O)(=O)NCCN(C(C)=O)c2ccc(C)c(C)c2)cc1C. The van der Waals surface area contributed by atoms with Gasteiger partial charge in [0, 0.05) is 25.7 Å². The van der Waals surface area contributed by atoms with Crippen LogP contribution in [0.2, 0.25) is 0 Å². The van der Waals surface area contributed by atoms with Crippen molar-refractivity contribution in [2.24, 2.45) is 0 Å². The van der Waals surface area contributed by atoms with E-state index in [4.69, 9.17) is 4.74 Å². The molecule has 2 aromatic carbocycles. The summed E-state index contributed by atoms with van der Waals surface area (Å²) in [6, 6.07) is 10.4. The van der Waals surface area contributed by atoms with Crippen LogP contribution in [0, 0.1) is 20.8 Å². The molecule has 2 aromatic rings. The number of carbonyl (C=O) groups is 1. The molecule has 0 radical (unpaired) electrons. The van der Waals surface area contributed by atoms with Crippen molar-refractivity contribution in [3.8, 4) is 5.75 Å². The van der Waals surface area contributed by atoms with E-state index in [1.165, 1.54) is 20.1 Å². The Labute approximate surface area is 161 Å². The van der Waals surface area contributed by atoms with Gasteiger partial charge in [0.15, 0.2) is 0 Å². The number of hydrogen-bond donors (Lipinski definition) is 1. The molecule has 146 valence electrons. The van der Waals surface area contributed by atoms with Gasteiger partial charge in [0.1, 0.15) is 5.75 Å². The molecule has 0 unspecified atom stereocenters. The largest absolute Gasteiger partial charge is 0.496 e. The number of aryl methyl sites for hydroxylation is 3. The second-order valence-electron chi connectivity index (χ2n) is 6.47. The van der Waals surface area contributed by atoms with Gasteiger partial charge in [-0.3, -0.25) is 4.79 Å². The minimum absolute atomic E-state index is 0.111. The van der Waals surface area contributed by atoms with Crippen molar-refractivity contribution in [1.29, 1.82) is 0 Å². The molecule has 27 heavy (non-hydrogen) atoms. The summed E-state index contributed by atoms with van der Waals surface area (Å²) < 4.78 is 32.7. The number of anilines is 1. The van der Waals surface area contributed by atoms with Crippen LogP contribution >= 0.6 is 0 Å². The van der Waals surface area contributed by atoms with Crippen LogP contribution in [0.5, 0.6) is 5.75 Å². The van der Waals surface area contributed by atoms with Crippen LogP contribution in [0.25, 0.3) is 0 Å². The number of hydrogen-bond acceptors (Lipinski definition) is 4. The highest BCUT2D eigenvalue weighted by molar-refractivity contribution is 7.89. The standard InChI is InChI=1S/C20H26N2O4S/c1-14-6-7-18(12-15(14)2)22(17(4)23)11-10-21-27(24,25)19-8-9-20(26-5)16(3)13-19/h6-9,12-13,21H,10-11H2,1-5H3. The maximum absolute atomic E-state index is 12.5. The predicted molar refractivity (Wildman–Crippen MR) is 107 cm³/mol. The van der Waals surface area contributed by atoms with E-state index in [0.29, 0.717) is 5.75 Å². The van der Waals surface area contributed by atoms with Gasteiger partial charge < -0.3 is 9.64 Å². The summed E-state index contributed by atoms with van der Waals surface area (Å²) in [6.07, 6.45) is 0. The second kappa shape index (κ2) is 8.54. The quantitative estimate of drug-likeness (QED) is 0.789. The molecule has 2 rings (SSSR count). The van der Waals surface area contributed by atoms with Crippen molar-refractivity contribution in [2.45, 2.75) is 32.6 Å². The fraction of sp³-hybridized carbons (Fsp3) is 0.350. The molecule has 0 aliphatic rings. The zero-order valence-electron chi connectivity index (χ0n) is 16.4. The Balaban J connectivity index is 2.10. The number of methoxy groups -OCH3 is 1. The van der Waals surface area contributed by atoms with Gasteiger partial charge >= 0.3 is 0 Å². The molecule has 0 saturated heterocycles. The van der Waals surface area contributed by atoms with Crippen molar-refractivity contribution < 1.29 is 17.9 Å². The van der Waals surface area contributed by atoms with E-state index in [1.807, 2.05) is 32.0 Å². The number of nitrogens with zero attached hydrogens (tertiary/aromatic N) is 1. The Kier molecular flexibility index (Phi) is 6.62. The van der Waals surface area contributed by atoms with Gasteiger partial charge in [0.2, 0.25) is 15.9 Å². The zero-order valence-corrected chi connectivity index (χ0v) is 17.2. The third-order valence-corrected chi connectivity index (χ3v) is 5.95. The molecule has 0 saturated carbocycles. The first-order valence-corrected chi connectivity index (χ1v) is 10.1. The molecule has 0 spiro atoms. The number of rotatable bonds is 7. The van der Waals surface area contributed by atoms with Crippen LogP contribution in [0.4, 0.5) is 5.69 Å². The maximum Gasteiger partial charge on any atom is 0.240 e. The number of amides is 1. The van der Waals surface area contributed by atoms with Crippen molar-refractivity contribution in [3.05, 3.63) is 53.1 Å². The van der Waals surface area contributed by atoms with Crippen LogP contribution in [0.1, 0.15) is 23.6 Å². The second-order valence-corrected chi connectivity index (χ2v) is 8.24. The summed E-state index contributed by atoms with van der Waals surface area (Å²) in [4.78, 5) is 13.7. The topological polar surface area (TPSA) is 75.7 Å². The lowest BCUT2D eigenvalue weighted by atomic mass is 10.1. The first-order chi connectivity index (χ1) is 12.7. The Hall–Kier alpha value is -2.38. The number of ether oxygens (including phenoxy) is 1. The van der Waals surface area contributed by atoms with Gasteiger partial charge in [0.25, 0.3) is 0 Å². The van der Waals surface area contributed by atoms with Gasteiger partial charge in [-0.05, 0) is 67.8 Å². The lowest BCUT2D eigenvalue weighted by molar-refractivity contribution is -0.116. The van der Waals surface area contributed by atoms with E-state index in [1.54, 1.807) is 24.0 Å². The van der Waals surface area contributed by atoms with E-state index in [-0.39, 0.29) is 23.9 Å². The minimum atomic E-state index is -3.67. The zero-order chi connectivity index (χ0) is 20.2. The average molecular weight is 391 g/mol. The molecule has 1 amide bonds. The molecular formula is C20H26N2O4S. The molecule has 7 heteroatoms. The van der Waals surface area contributed by atoms with Crippen molar-refractivity contribution in [3.63, 3.8) is 0 Å². The van der Waals surface area contributed by atoms with Crippen LogP contribution < -0.4 is 14.4 Å². The van der Waals surface area contributed by atoms with Crippen molar-refractivity contribution in [2.75, 3.05) is 25.1 Å². The van der Waals surface area contributed by atoms with Crippen LogP contribution in [0.15, 0.2) is 41.3 Å². The third kappa shape index (κ3) is 5.08. The summed E-state index contributed by atoms with van der Waals surface area (Å²) in [7, 11) is -2.13. The Bertz CT molecular complexity index is 939. The molecule has 0 aliphatic heterocycles. The fourth-order valence-corrected chi connectivity index (χ4v) is 3.86. The summed E-state index contributed by atoms with van der Waals surface area (Å²) in [6.45, 7) is 7.59. The van der Waals surface area contributed by atoms with Gasteiger partial charge in [0.05, 0.1) is 12.0 Å². The number of sulfonamides is 1.